The zero-order valence-corrected chi connectivity index (χ0v) is 9.08. The molecular formula is C10H14F2N4. The van der Waals surface area contributed by atoms with E-state index in [1.807, 2.05) is 4.90 Å². The average Bonchev–Trinajstić information content (AvgIpc) is 2.19. The molecule has 0 unspecified atom stereocenters. The highest BCUT2D eigenvalue weighted by Crippen LogP contribution is 2.30. The van der Waals surface area contributed by atoms with Crippen LogP contribution in [0.1, 0.15) is 18.5 Å². The van der Waals surface area contributed by atoms with Gasteiger partial charge in [0.05, 0.1) is 11.9 Å². The molecule has 1 aliphatic heterocycles. The van der Waals surface area contributed by atoms with Crippen molar-refractivity contribution in [3.63, 3.8) is 0 Å². The molecule has 6 heteroatoms. The first kappa shape index (κ1) is 11.0. The van der Waals surface area contributed by atoms with E-state index in [-0.39, 0.29) is 12.8 Å². The Balaban J connectivity index is 2.14. The topological polar surface area (TPSA) is 55.0 Å². The lowest BCUT2D eigenvalue weighted by molar-refractivity contribution is -0.0221. The molecule has 2 N–H and O–H groups in total. The van der Waals surface area contributed by atoms with Crippen molar-refractivity contribution in [3.8, 4) is 0 Å². The molecule has 0 atom stereocenters. The van der Waals surface area contributed by atoms with Crippen LogP contribution in [-0.4, -0.2) is 29.0 Å². The fourth-order valence-corrected chi connectivity index (χ4v) is 1.85. The largest absolute Gasteiger partial charge is 0.382 e. The van der Waals surface area contributed by atoms with E-state index in [2.05, 4.69) is 9.97 Å². The predicted molar refractivity (Wildman–Crippen MR) is 57.6 cm³/mol. The number of nitrogens with zero attached hydrogens (tertiary/aromatic N) is 3. The van der Waals surface area contributed by atoms with Gasteiger partial charge in [-0.2, -0.15) is 0 Å². The maximum Gasteiger partial charge on any atom is 0.251 e. The first-order chi connectivity index (χ1) is 7.48. The van der Waals surface area contributed by atoms with Crippen molar-refractivity contribution in [3.05, 3.63) is 11.9 Å². The summed E-state index contributed by atoms with van der Waals surface area (Å²) in [5, 5.41) is 0. The molecule has 88 valence electrons. The Bertz CT molecular complexity index is 384. The molecule has 0 saturated carbocycles. The lowest BCUT2D eigenvalue weighted by atomic mass is 10.1. The second-order valence-electron chi connectivity index (χ2n) is 4.05. The smallest absolute Gasteiger partial charge is 0.251 e. The van der Waals surface area contributed by atoms with Gasteiger partial charge >= 0.3 is 0 Å². The van der Waals surface area contributed by atoms with Crippen LogP contribution in [-0.2, 0) is 0 Å². The third-order valence-electron chi connectivity index (χ3n) is 2.73. The Kier molecular flexibility index (Phi) is 2.65. The van der Waals surface area contributed by atoms with Crippen molar-refractivity contribution in [2.45, 2.75) is 25.7 Å². The van der Waals surface area contributed by atoms with Gasteiger partial charge in [0, 0.05) is 25.9 Å². The molecule has 4 nitrogen and oxygen atoms in total. The van der Waals surface area contributed by atoms with E-state index < -0.39 is 5.92 Å². The first-order valence-corrected chi connectivity index (χ1v) is 5.20. The summed E-state index contributed by atoms with van der Waals surface area (Å²) in [6.45, 7) is 2.41. The quantitative estimate of drug-likeness (QED) is 0.793. The lowest BCUT2D eigenvalue weighted by Gasteiger charge is -2.32. The van der Waals surface area contributed by atoms with Crippen LogP contribution in [0.15, 0.2) is 6.20 Å². The van der Waals surface area contributed by atoms with Crippen molar-refractivity contribution < 1.29 is 8.78 Å². The third-order valence-corrected chi connectivity index (χ3v) is 2.73. The maximum absolute atomic E-state index is 13.0. The van der Waals surface area contributed by atoms with E-state index in [9.17, 15) is 8.78 Å². The highest BCUT2D eigenvalue weighted by atomic mass is 19.3. The minimum Gasteiger partial charge on any atom is -0.382 e. The summed E-state index contributed by atoms with van der Waals surface area (Å²) in [5.41, 5.74) is 6.17. The highest BCUT2D eigenvalue weighted by Gasteiger charge is 2.34. The van der Waals surface area contributed by atoms with Crippen LogP contribution in [0.2, 0.25) is 0 Å². The predicted octanol–water partition coefficient (Wildman–Crippen LogP) is 1.60. The Morgan fingerprint density at radius 3 is 2.56 bits per heavy atom. The van der Waals surface area contributed by atoms with Crippen LogP contribution in [0.3, 0.4) is 0 Å². The summed E-state index contributed by atoms with van der Waals surface area (Å²) >= 11 is 0. The van der Waals surface area contributed by atoms with Gasteiger partial charge in [-0.15, -0.1) is 0 Å². The molecule has 1 aromatic heterocycles. The zero-order valence-electron chi connectivity index (χ0n) is 9.08. The Morgan fingerprint density at radius 2 is 2.00 bits per heavy atom. The Hall–Kier alpha value is -1.46. The minimum atomic E-state index is -2.54. The summed E-state index contributed by atoms with van der Waals surface area (Å²) < 4.78 is 26.0. The van der Waals surface area contributed by atoms with Crippen molar-refractivity contribution in [1.82, 2.24) is 9.97 Å². The molecular weight excluding hydrogens is 214 g/mol. The van der Waals surface area contributed by atoms with E-state index in [0.29, 0.717) is 30.4 Å². The monoisotopic (exact) mass is 228 g/mol. The molecule has 0 radical (unpaired) electrons. The van der Waals surface area contributed by atoms with Gasteiger partial charge in [0.1, 0.15) is 11.6 Å². The van der Waals surface area contributed by atoms with E-state index in [1.54, 1.807) is 6.92 Å². The summed E-state index contributed by atoms with van der Waals surface area (Å²) in [5.74, 6) is -1.53. The number of nitrogen functional groups attached to an aromatic ring is 1. The van der Waals surface area contributed by atoms with Crippen LogP contribution < -0.4 is 10.6 Å². The van der Waals surface area contributed by atoms with Crippen molar-refractivity contribution in [2.75, 3.05) is 23.7 Å². The highest BCUT2D eigenvalue weighted by molar-refractivity contribution is 5.46. The molecule has 0 aromatic carbocycles. The van der Waals surface area contributed by atoms with Crippen molar-refractivity contribution in [2.24, 2.45) is 0 Å². The number of hydrogen-bond acceptors (Lipinski definition) is 4. The van der Waals surface area contributed by atoms with Gasteiger partial charge in [0.2, 0.25) is 0 Å². The number of rotatable bonds is 1. The van der Waals surface area contributed by atoms with E-state index in [4.69, 9.17) is 5.73 Å². The molecule has 1 aliphatic rings. The fraction of sp³-hybridized carbons (Fsp3) is 0.600. The molecule has 1 aromatic rings. The molecule has 1 saturated heterocycles. The molecule has 16 heavy (non-hydrogen) atoms. The van der Waals surface area contributed by atoms with Gasteiger partial charge in [0.25, 0.3) is 5.92 Å². The van der Waals surface area contributed by atoms with Crippen LogP contribution in [0.5, 0.6) is 0 Å². The number of piperidine rings is 1. The summed E-state index contributed by atoms with van der Waals surface area (Å²) in [4.78, 5) is 10.0. The van der Waals surface area contributed by atoms with Gasteiger partial charge < -0.3 is 10.6 Å². The summed E-state index contributed by atoms with van der Waals surface area (Å²) in [6, 6.07) is 0. The Morgan fingerprint density at radius 1 is 1.38 bits per heavy atom. The average molecular weight is 228 g/mol. The third kappa shape index (κ3) is 2.20. The van der Waals surface area contributed by atoms with E-state index in [1.165, 1.54) is 6.20 Å². The van der Waals surface area contributed by atoms with Gasteiger partial charge in [-0.25, -0.2) is 18.7 Å². The molecule has 0 bridgehead atoms. The molecule has 2 heterocycles. The van der Waals surface area contributed by atoms with Crippen molar-refractivity contribution in [1.29, 1.82) is 0 Å². The van der Waals surface area contributed by atoms with E-state index >= 15 is 0 Å². The fourth-order valence-electron chi connectivity index (χ4n) is 1.85. The van der Waals surface area contributed by atoms with Crippen LogP contribution >= 0.6 is 0 Å². The van der Waals surface area contributed by atoms with E-state index in [0.717, 1.165) is 0 Å². The molecule has 2 rings (SSSR count). The van der Waals surface area contributed by atoms with Gasteiger partial charge in [-0.3, -0.25) is 0 Å². The van der Waals surface area contributed by atoms with Gasteiger partial charge in [-0.1, -0.05) is 0 Å². The standard InChI is InChI=1S/C10H14F2N4/c1-7-9(14-6-8(13)15-7)16-4-2-10(11,12)3-5-16/h6H,2-5H2,1H3,(H2,13,15). The number of halogens is 2. The second kappa shape index (κ2) is 3.84. The maximum atomic E-state index is 13.0. The Labute approximate surface area is 92.5 Å². The number of aromatic nitrogens is 2. The van der Waals surface area contributed by atoms with Gasteiger partial charge in [-0.05, 0) is 6.92 Å². The molecule has 0 aliphatic carbocycles. The minimum absolute atomic E-state index is 0.126. The molecule has 0 amide bonds. The molecule has 1 fully saturated rings. The summed E-state index contributed by atoms with van der Waals surface area (Å²) in [6.07, 6.45) is 1.20. The second-order valence-corrected chi connectivity index (χ2v) is 4.05. The number of anilines is 2. The SMILES string of the molecule is Cc1nc(N)cnc1N1CCC(F)(F)CC1. The number of aryl methyl sites for hydroxylation is 1. The number of alkyl halides is 2. The van der Waals surface area contributed by atoms with Crippen LogP contribution in [0.4, 0.5) is 20.4 Å². The number of hydrogen-bond donors (Lipinski definition) is 1. The lowest BCUT2D eigenvalue weighted by Crippen LogP contribution is -2.40. The summed E-state index contributed by atoms with van der Waals surface area (Å²) in [7, 11) is 0. The number of nitrogens with two attached hydrogens (primary N) is 1. The normalized spacial score (nSPS) is 19.8. The molecule has 0 spiro atoms. The zero-order chi connectivity index (χ0) is 11.8. The van der Waals surface area contributed by atoms with Crippen LogP contribution in [0.25, 0.3) is 0 Å². The van der Waals surface area contributed by atoms with Crippen LogP contribution in [0, 0.1) is 6.92 Å². The first-order valence-electron chi connectivity index (χ1n) is 5.20. The van der Waals surface area contributed by atoms with Crippen molar-refractivity contribution >= 4 is 11.6 Å². The van der Waals surface area contributed by atoms with Gasteiger partial charge in [0.15, 0.2) is 0 Å².